The first-order valence-corrected chi connectivity index (χ1v) is 5.97. The third-order valence-electron chi connectivity index (χ3n) is 2.03. The van der Waals surface area contributed by atoms with Crippen molar-refractivity contribution in [2.45, 2.75) is 6.54 Å². The van der Waals surface area contributed by atoms with E-state index in [1.54, 1.807) is 0 Å². The van der Waals surface area contributed by atoms with Crippen LogP contribution in [0.1, 0.15) is 15.4 Å². The van der Waals surface area contributed by atoms with Crippen molar-refractivity contribution in [3.8, 4) is 0 Å². The predicted octanol–water partition coefficient (Wildman–Crippen LogP) is 2.40. The number of aromatic nitrogens is 2. The molecule has 0 aliphatic heterocycles. The van der Waals surface area contributed by atoms with E-state index in [0.29, 0.717) is 5.56 Å². The minimum absolute atomic E-state index is 0.0627. The molecule has 1 aromatic carbocycles. The summed E-state index contributed by atoms with van der Waals surface area (Å²) in [7, 11) is 0. The van der Waals surface area contributed by atoms with Crippen LogP contribution in [0.4, 0.5) is 8.78 Å². The molecule has 0 aliphatic rings. The third kappa shape index (κ3) is 2.99. The maximum absolute atomic E-state index is 12.9. The Hall–Kier alpha value is -1.60. The molecular weight excluding hydrogens is 284 g/mol. The SMILES string of the molecule is O=C(NCc1ccc(F)c(F)c1)c1nnc(Cl)s1. The van der Waals surface area contributed by atoms with Crippen LogP contribution in [-0.2, 0) is 6.54 Å². The van der Waals surface area contributed by atoms with E-state index in [1.807, 2.05) is 0 Å². The average molecular weight is 290 g/mol. The van der Waals surface area contributed by atoms with Gasteiger partial charge in [0.05, 0.1) is 0 Å². The van der Waals surface area contributed by atoms with Crippen molar-refractivity contribution >= 4 is 28.8 Å². The highest BCUT2D eigenvalue weighted by Gasteiger charge is 2.11. The van der Waals surface area contributed by atoms with Crippen molar-refractivity contribution in [1.29, 1.82) is 0 Å². The highest BCUT2D eigenvalue weighted by Crippen LogP contribution is 2.14. The molecule has 0 spiro atoms. The van der Waals surface area contributed by atoms with Crippen LogP contribution in [0.3, 0.4) is 0 Å². The first-order valence-electron chi connectivity index (χ1n) is 4.77. The summed E-state index contributed by atoms with van der Waals surface area (Å²) in [5.41, 5.74) is 0.442. The molecule has 1 heterocycles. The van der Waals surface area contributed by atoms with Gasteiger partial charge in [0.1, 0.15) is 0 Å². The lowest BCUT2D eigenvalue weighted by Crippen LogP contribution is -2.22. The maximum atomic E-state index is 12.9. The highest BCUT2D eigenvalue weighted by molar-refractivity contribution is 7.17. The lowest BCUT2D eigenvalue weighted by Gasteiger charge is -2.03. The zero-order valence-electron chi connectivity index (χ0n) is 8.78. The first-order chi connectivity index (χ1) is 8.56. The molecule has 0 unspecified atom stereocenters. The normalized spacial score (nSPS) is 10.4. The van der Waals surface area contributed by atoms with Crippen LogP contribution in [0.2, 0.25) is 4.47 Å². The molecule has 1 N–H and O–H groups in total. The van der Waals surface area contributed by atoms with Crippen LogP contribution in [0, 0.1) is 11.6 Å². The van der Waals surface area contributed by atoms with Crippen molar-refractivity contribution < 1.29 is 13.6 Å². The molecule has 0 bridgehead atoms. The summed E-state index contributed by atoms with van der Waals surface area (Å²) in [4.78, 5) is 11.6. The number of benzene rings is 1. The standard InChI is InChI=1S/C10H6ClF2N3OS/c11-10-16-15-9(18-10)8(17)14-4-5-1-2-6(12)7(13)3-5/h1-3H,4H2,(H,14,17). The number of hydrogen-bond acceptors (Lipinski definition) is 4. The molecule has 0 saturated heterocycles. The molecule has 94 valence electrons. The molecule has 0 atom stereocenters. The van der Waals surface area contributed by atoms with Gasteiger partial charge in [0.15, 0.2) is 11.6 Å². The van der Waals surface area contributed by atoms with Crippen molar-refractivity contribution in [2.24, 2.45) is 0 Å². The number of nitrogens with one attached hydrogen (secondary N) is 1. The van der Waals surface area contributed by atoms with E-state index >= 15 is 0 Å². The zero-order chi connectivity index (χ0) is 13.1. The molecule has 4 nitrogen and oxygen atoms in total. The Labute approximate surface area is 110 Å². The Balaban J connectivity index is 1.99. The summed E-state index contributed by atoms with van der Waals surface area (Å²) < 4.78 is 25.7. The third-order valence-corrected chi connectivity index (χ3v) is 3.05. The number of amides is 1. The Bertz CT molecular complexity index is 590. The van der Waals surface area contributed by atoms with Gasteiger partial charge in [-0.2, -0.15) is 0 Å². The average Bonchev–Trinajstić information content (AvgIpc) is 2.77. The minimum Gasteiger partial charge on any atom is -0.346 e. The van der Waals surface area contributed by atoms with Gasteiger partial charge >= 0.3 is 0 Å². The van der Waals surface area contributed by atoms with Gasteiger partial charge in [0, 0.05) is 6.54 Å². The second-order valence-electron chi connectivity index (χ2n) is 3.29. The number of nitrogens with zero attached hydrogens (tertiary/aromatic N) is 2. The summed E-state index contributed by atoms with van der Waals surface area (Å²) in [6, 6.07) is 3.40. The monoisotopic (exact) mass is 289 g/mol. The van der Waals surface area contributed by atoms with Crippen LogP contribution >= 0.6 is 22.9 Å². The second-order valence-corrected chi connectivity index (χ2v) is 4.85. The van der Waals surface area contributed by atoms with Crippen molar-refractivity contribution in [3.05, 3.63) is 44.9 Å². The van der Waals surface area contributed by atoms with Crippen molar-refractivity contribution in [1.82, 2.24) is 15.5 Å². The van der Waals surface area contributed by atoms with Gasteiger partial charge in [-0.05, 0) is 29.3 Å². The van der Waals surface area contributed by atoms with Gasteiger partial charge in [-0.15, -0.1) is 10.2 Å². The fourth-order valence-electron chi connectivity index (χ4n) is 1.20. The predicted molar refractivity (Wildman–Crippen MR) is 62.4 cm³/mol. The Morgan fingerprint density at radius 1 is 1.33 bits per heavy atom. The van der Waals surface area contributed by atoms with E-state index in [2.05, 4.69) is 15.5 Å². The number of hydrogen-bond donors (Lipinski definition) is 1. The molecular formula is C10H6ClF2N3OS. The molecule has 1 amide bonds. The highest BCUT2D eigenvalue weighted by atomic mass is 35.5. The van der Waals surface area contributed by atoms with Crippen LogP contribution in [0.5, 0.6) is 0 Å². The summed E-state index contributed by atoms with van der Waals surface area (Å²) >= 11 is 6.47. The Morgan fingerprint density at radius 3 is 2.72 bits per heavy atom. The molecule has 0 radical (unpaired) electrons. The molecule has 2 rings (SSSR count). The molecule has 0 aliphatic carbocycles. The fraction of sp³-hybridized carbons (Fsp3) is 0.100. The lowest BCUT2D eigenvalue weighted by atomic mass is 10.2. The lowest BCUT2D eigenvalue weighted by molar-refractivity contribution is 0.0949. The van der Waals surface area contributed by atoms with E-state index in [9.17, 15) is 13.6 Å². The van der Waals surface area contributed by atoms with E-state index in [1.165, 1.54) is 6.07 Å². The van der Waals surface area contributed by atoms with Crippen LogP contribution in [0.25, 0.3) is 0 Å². The summed E-state index contributed by atoms with van der Waals surface area (Å²) in [5, 5.41) is 9.64. The van der Waals surface area contributed by atoms with E-state index in [4.69, 9.17) is 11.6 Å². The van der Waals surface area contributed by atoms with Crippen molar-refractivity contribution in [2.75, 3.05) is 0 Å². The van der Waals surface area contributed by atoms with Gasteiger partial charge in [0.25, 0.3) is 5.91 Å². The van der Waals surface area contributed by atoms with E-state index in [-0.39, 0.29) is 16.0 Å². The smallest absolute Gasteiger partial charge is 0.282 e. The van der Waals surface area contributed by atoms with Gasteiger partial charge < -0.3 is 5.32 Å². The maximum Gasteiger partial charge on any atom is 0.282 e. The molecule has 2 aromatic rings. The molecule has 0 fully saturated rings. The summed E-state index contributed by atoms with van der Waals surface area (Å²) in [6.07, 6.45) is 0. The molecule has 18 heavy (non-hydrogen) atoms. The topological polar surface area (TPSA) is 54.9 Å². The van der Waals surface area contributed by atoms with E-state index in [0.717, 1.165) is 23.5 Å². The quantitative estimate of drug-likeness (QED) is 0.944. The Kier molecular flexibility index (Phi) is 3.83. The molecule has 0 saturated carbocycles. The van der Waals surface area contributed by atoms with Crippen LogP contribution < -0.4 is 5.32 Å². The Morgan fingerprint density at radius 2 is 2.11 bits per heavy atom. The van der Waals surface area contributed by atoms with E-state index < -0.39 is 17.5 Å². The second kappa shape index (κ2) is 5.36. The van der Waals surface area contributed by atoms with Crippen LogP contribution in [-0.4, -0.2) is 16.1 Å². The van der Waals surface area contributed by atoms with Gasteiger partial charge in [-0.3, -0.25) is 4.79 Å². The summed E-state index contributed by atoms with van der Waals surface area (Å²) in [5.74, 6) is -2.36. The van der Waals surface area contributed by atoms with Crippen molar-refractivity contribution in [3.63, 3.8) is 0 Å². The van der Waals surface area contributed by atoms with Crippen LogP contribution in [0.15, 0.2) is 18.2 Å². The number of carbonyl (C=O) groups is 1. The molecule has 1 aromatic heterocycles. The largest absolute Gasteiger partial charge is 0.346 e. The molecule has 8 heteroatoms. The number of carbonyl (C=O) groups excluding carboxylic acids is 1. The number of rotatable bonds is 3. The van der Waals surface area contributed by atoms with Gasteiger partial charge in [-0.1, -0.05) is 17.4 Å². The van der Waals surface area contributed by atoms with Gasteiger partial charge in [-0.25, -0.2) is 8.78 Å². The number of halogens is 3. The summed E-state index contributed by atoms with van der Waals surface area (Å²) in [6.45, 7) is 0.0627. The zero-order valence-corrected chi connectivity index (χ0v) is 10.4. The fourth-order valence-corrected chi connectivity index (χ4v) is 1.95. The first kappa shape index (κ1) is 12.8. The minimum atomic E-state index is -0.958. The van der Waals surface area contributed by atoms with Gasteiger partial charge in [0.2, 0.25) is 9.47 Å².